The first-order valence-corrected chi connectivity index (χ1v) is 14.6. The second-order valence-corrected chi connectivity index (χ2v) is 11.5. The molecule has 0 fully saturated rings. The number of carbonyl (C=O) groups excluding carboxylic acids is 2. The summed E-state index contributed by atoms with van der Waals surface area (Å²) in [5.74, 6) is -1.53. The fourth-order valence-corrected chi connectivity index (χ4v) is 5.73. The SMILES string of the molecule is CCCNC(=O)[C@H](CC)N(Cc1ccc(Cl)c(Cl)c1)C(=O)CN(c1ccc(F)cc1)S(=O)(=O)c1ccccc1. The Labute approximate surface area is 238 Å². The molecular weight excluding hydrogens is 564 g/mol. The number of hydrogen-bond acceptors (Lipinski definition) is 4. The van der Waals surface area contributed by atoms with Crippen LogP contribution in [0.1, 0.15) is 32.3 Å². The summed E-state index contributed by atoms with van der Waals surface area (Å²) in [6, 6.07) is 16.4. The number of hydrogen-bond donors (Lipinski definition) is 1. The summed E-state index contributed by atoms with van der Waals surface area (Å²) in [6.45, 7) is 3.46. The number of carbonyl (C=O) groups is 2. The molecule has 0 saturated carbocycles. The molecule has 0 radical (unpaired) electrons. The Kier molecular flexibility index (Phi) is 10.7. The number of nitrogens with one attached hydrogen (secondary N) is 1. The normalized spacial score (nSPS) is 12.0. The van der Waals surface area contributed by atoms with Crippen molar-refractivity contribution in [2.75, 3.05) is 17.4 Å². The van der Waals surface area contributed by atoms with Crippen LogP contribution in [0.5, 0.6) is 0 Å². The molecule has 208 valence electrons. The van der Waals surface area contributed by atoms with Crippen molar-refractivity contribution in [3.63, 3.8) is 0 Å². The average Bonchev–Trinajstić information content (AvgIpc) is 2.93. The Morgan fingerprint density at radius 1 is 0.949 bits per heavy atom. The van der Waals surface area contributed by atoms with Gasteiger partial charge in [-0.1, -0.05) is 61.3 Å². The summed E-state index contributed by atoms with van der Waals surface area (Å²) >= 11 is 12.3. The lowest BCUT2D eigenvalue weighted by atomic mass is 10.1. The third-order valence-corrected chi connectivity index (χ3v) is 8.52. The lowest BCUT2D eigenvalue weighted by Crippen LogP contribution is -2.52. The number of sulfonamides is 1. The summed E-state index contributed by atoms with van der Waals surface area (Å²) < 4.78 is 42.0. The minimum Gasteiger partial charge on any atom is -0.354 e. The molecule has 0 aromatic heterocycles. The molecule has 1 N–H and O–H groups in total. The molecule has 0 heterocycles. The van der Waals surface area contributed by atoms with Crippen molar-refractivity contribution < 1.29 is 22.4 Å². The van der Waals surface area contributed by atoms with Gasteiger partial charge in [0.1, 0.15) is 18.4 Å². The van der Waals surface area contributed by atoms with Gasteiger partial charge in [-0.2, -0.15) is 0 Å². The highest BCUT2D eigenvalue weighted by molar-refractivity contribution is 7.92. The van der Waals surface area contributed by atoms with Gasteiger partial charge in [0.25, 0.3) is 10.0 Å². The van der Waals surface area contributed by atoms with Gasteiger partial charge in [-0.05, 0) is 66.9 Å². The molecule has 0 bridgehead atoms. The van der Waals surface area contributed by atoms with Crippen LogP contribution in [0.2, 0.25) is 10.0 Å². The highest BCUT2D eigenvalue weighted by atomic mass is 35.5. The third kappa shape index (κ3) is 7.71. The van der Waals surface area contributed by atoms with Gasteiger partial charge >= 0.3 is 0 Å². The van der Waals surface area contributed by atoms with Crippen LogP contribution in [0.15, 0.2) is 77.7 Å². The summed E-state index contributed by atoms with van der Waals surface area (Å²) in [5, 5.41) is 3.44. The standard InChI is InChI=1S/C28H30Cl2FN3O4S/c1-3-16-32-28(36)26(4-2)33(18-20-10-15-24(29)25(30)17-20)27(35)19-34(22-13-11-21(31)12-14-22)39(37,38)23-8-6-5-7-9-23/h5-15,17,26H,3-4,16,18-19H2,1-2H3,(H,32,36)/t26-/m0/s1. The Hall–Kier alpha value is -3.14. The lowest BCUT2D eigenvalue weighted by Gasteiger charge is -2.33. The van der Waals surface area contributed by atoms with Crippen molar-refractivity contribution in [1.82, 2.24) is 10.2 Å². The molecule has 0 unspecified atom stereocenters. The van der Waals surface area contributed by atoms with Crippen LogP contribution in [-0.2, 0) is 26.2 Å². The molecule has 0 aliphatic rings. The quantitative estimate of drug-likeness (QED) is 0.293. The van der Waals surface area contributed by atoms with Gasteiger partial charge in [0.15, 0.2) is 0 Å². The smallest absolute Gasteiger partial charge is 0.264 e. The van der Waals surface area contributed by atoms with Crippen LogP contribution in [0.3, 0.4) is 0 Å². The molecule has 1 atom stereocenters. The summed E-state index contributed by atoms with van der Waals surface area (Å²) in [5.41, 5.74) is 0.713. The van der Waals surface area contributed by atoms with Crippen molar-refractivity contribution in [2.45, 2.75) is 44.2 Å². The van der Waals surface area contributed by atoms with Crippen molar-refractivity contribution in [3.8, 4) is 0 Å². The van der Waals surface area contributed by atoms with E-state index in [0.29, 0.717) is 23.6 Å². The Balaban J connectivity index is 2.04. The number of halogens is 3. The van der Waals surface area contributed by atoms with Crippen LogP contribution in [-0.4, -0.2) is 44.3 Å². The Morgan fingerprint density at radius 3 is 2.21 bits per heavy atom. The molecule has 0 saturated heterocycles. The number of nitrogens with zero attached hydrogens (tertiary/aromatic N) is 2. The largest absolute Gasteiger partial charge is 0.354 e. The molecule has 3 aromatic rings. The highest BCUT2D eigenvalue weighted by Crippen LogP contribution is 2.27. The highest BCUT2D eigenvalue weighted by Gasteiger charge is 2.33. The maximum absolute atomic E-state index is 13.9. The fourth-order valence-electron chi connectivity index (χ4n) is 3.98. The summed E-state index contributed by atoms with van der Waals surface area (Å²) in [6.07, 6.45) is 0.987. The van der Waals surface area contributed by atoms with Crippen molar-refractivity contribution >= 4 is 50.7 Å². The molecule has 3 aromatic carbocycles. The van der Waals surface area contributed by atoms with E-state index in [9.17, 15) is 22.4 Å². The number of benzene rings is 3. The van der Waals surface area contributed by atoms with Crippen molar-refractivity contribution in [2.24, 2.45) is 0 Å². The zero-order valence-electron chi connectivity index (χ0n) is 21.6. The third-order valence-electron chi connectivity index (χ3n) is 6.00. The zero-order chi connectivity index (χ0) is 28.6. The zero-order valence-corrected chi connectivity index (χ0v) is 23.9. The predicted octanol–water partition coefficient (Wildman–Crippen LogP) is 5.66. The van der Waals surface area contributed by atoms with Crippen molar-refractivity contribution in [3.05, 3.63) is 94.2 Å². The maximum atomic E-state index is 13.9. The van der Waals surface area contributed by atoms with E-state index in [1.54, 1.807) is 43.3 Å². The van der Waals surface area contributed by atoms with Gasteiger partial charge in [-0.3, -0.25) is 13.9 Å². The first-order chi connectivity index (χ1) is 18.6. The Morgan fingerprint density at radius 2 is 1.62 bits per heavy atom. The average molecular weight is 595 g/mol. The van der Waals surface area contributed by atoms with Gasteiger partial charge in [0.05, 0.1) is 20.6 Å². The molecule has 2 amide bonds. The van der Waals surface area contributed by atoms with Gasteiger partial charge < -0.3 is 10.2 Å². The van der Waals surface area contributed by atoms with E-state index >= 15 is 0 Å². The van der Waals surface area contributed by atoms with E-state index in [2.05, 4.69) is 5.32 Å². The molecule has 0 spiro atoms. The molecular formula is C28H30Cl2FN3O4S. The van der Waals surface area contributed by atoms with Crippen LogP contribution in [0.4, 0.5) is 10.1 Å². The minimum atomic E-state index is -4.22. The van der Waals surface area contributed by atoms with Crippen LogP contribution in [0.25, 0.3) is 0 Å². The molecule has 0 aliphatic heterocycles. The van der Waals surface area contributed by atoms with E-state index in [4.69, 9.17) is 23.2 Å². The van der Waals surface area contributed by atoms with E-state index in [1.807, 2.05) is 6.92 Å². The second-order valence-electron chi connectivity index (χ2n) is 8.79. The number of anilines is 1. The Bertz CT molecular complexity index is 1390. The topological polar surface area (TPSA) is 86.8 Å². The predicted molar refractivity (Wildman–Crippen MR) is 152 cm³/mol. The monoisotopic (exact) mass is 593 g/mol. The van der Waals surface area contributed by atoms with Gasteiger partial charge in [-0.25, -0.2) is 12.8 Å². The van der Waals surface area contributed by atoms with E-state index < -0.39 is 34.3 Å². The molecule has 0 aliphatic carbocycles. The first kappa shape index (κ1) is 30.4. The van der Waals surface area contributed by atoms with Gasteiger partial charge in [-0.15, -0.1) is 0 Å². The van der Waals surface area contributed by atoms with Gasteiger partial charge in [0.2, 0.25) is 11.8 Å². The molecule has 11 heteroatoms. The van der Waals surface area contributed by atoms with Gasteiger partial charge in [0, 0.05) is 13.1 Å². The van der Waals surface area contributed by atoms with Crippen LogP contribution >= 0.6 is 23.2 Å². The minimum absolute atomic E-state index is 0.0174. The fraction of sp³-hybridized carbons (Fsp3) is 0.286. The molecule has 39 heavy (non-hydrogen) atoms. The number of rotatable bonds is 12. The summed E-state index contributed by atoms with van der Waals surface area (Å²) in [7, 11) is -4.22. The van der Waals surface area contributed by atoms with E-state index in [1.165, 1.54) is 29.2 Å². The van der Waals surface area contributed by atoms with Crippen LogP contribution < -0.4 is 9.62 Å². The van der Waals surface area contributed by atoms with E-state index in [-0.39, 0.29) is 34.5 Å². The molecule has 7 nitrogen and oxygen atoms in total. The van der Waals surface area contributed by atoms with Crippen molar-refractivity contribution in [1.29, 1.82) is 0 Å². The van der Waals surface area contributed by atoms with Crippen LogP contribution in [0, 0.1) is 5.82 Å². The lowest BCUT2D eigenvalue weighted by molar-refractivity contribution is -0.140. The first-order valence-electron chi connectivity index (χ1n) is 12.4. The maximum Gasteiger partial charge on any atom is 0.264 e. The molecule has 3 rings (SSSR count). The number of amides is 2. The summed E-state index contributed by atoms with van der Waals surface area (Å²) in [4.78, 5) is 28.3. The van der Waals surface area contributed by atoms with E-state index in [0.717, 1.165) is 16.4 Å². The second kappa shape index (κ2) is 13.8.